The first-order valence-corrected chi connectivity index (χ1v) is 6.84. The summed E-state index contributed by atoms with van der Waals surface area (Å²) in [4.78, 5) is 23.2. The minimum atomic E-state index is -0.697. The van der Waals surface area contributed by atoms with Crippen molar-refractivity contribution < 1.29 is 19.1 Å². The van der Waals surface area contributed by atoms with Crippen LogP contribution in [-0.2, 0) is 20.7 Å². The lowest BCUT2D eigenvalue weighted by Crippen LogP contribution is -2.26. The van der Waals surface area contributed by atoms with Crippen molar-refractivity contribution in [3.05, 3.63) is 34.9 Å². The van der Waals surface area contributed by atoms with E-state index < -0.39 is 12.0 Å². The molecule has 0 radical (unpaired) electrons. The molecule has 2 N–H and O–H groups in total. The Bertz CT molecular complexity index is 513. The van der Waals surface area contributed by atoms with Crippen LogP contribution in [0, 0.1) is 0 Å². The van der Waals surface area contributed by atoms with Crippen LogP contribution < -0.4 is 5.73 Å². The van der Waals surface area contributed by atoms with E-state index in [2.05, 4.69) is 0 Å². The van der Waals surface area contributed by atoms with Crippen molar-refractivity contribution in [3.8, 4) is 0 Å². The van der Waals surface area contributed by atoms with Gasteiger partial charge in [0, 0.05) is 5.56 Å². The van der Waals surface area contributed by atoms with Gasteiger partial charge in [-0.1, -0.05) is 19.4 Å². The number of rotatable bonds is 5. The van der Waals surface area contributed by atoms with Crippen molar-refractivity contribution in [3.63, 3.8) is 0 Å². The standard InChI is InChI=1S/C15H19NO4/c1-2-3-7-20-15(18)13-12-5-4-11(14(16)17)9-10(12)6-8-19-13/h4-5,9,13H,2-3,6-8H2,1H3,(H2,16,17). The van der Waals surface area contributed by atoms with E-state index in [1.165, 1.54) is 0 Å². The van der Waals surface area contributed by atoms with Gasteiger partial charge in [0.2, 0.25) is 5.91 Å². The highest BCUT2D eigenvalue weighted by atomic mass is 16.6. The van der Waals surface area contributed by atoms with E-state index in [0.717, 1.165) is 24.0 Å². The van der Waals surface area contributed by atoms with E-state index in [1.54, 1.807) is 18.2 Å². The van der Waals surface area contributed by atoms with Crippen LogP contribution in [0.2, 0.25) is 0 Å². The molecule has 0 fully saturated rings. The predicted molar refractivity (Wildman–Crippen MR) is 73.2 cm³/mol. The van der Waals surface area contributed by atoms with Crippen LogP contribution in [0.5, 0.6) is 0 Å². The summed E-state index contributed by atoms with van der Waals surface area (Å²) in [5.41, 5.74) is 7.40. The zero-order valence-electron chi connectivity index (χ0n) is 11.6. The molecule has 0 aromatic heterocycles. The van der Waals surface area contributed by atoms with Gasteiger partial charge >= 0.3 is 5.97 Å². The molecule has 1 aromatic carbocycles. The monoisotopic (exact) mass is 277 g/mol. The second kappa shape index (κ2) is 6.52. The first-order valence-electron chi connectivity index (χ1n) is 6.84. The zero-order chi connectivity index (χ0) is 14.5. The molecule has 0 saturated heterocycles. The second-order valence-electron chi connectivity index (χ2n) is 4.80. The van der Waals surface area contributed by atoms with Gasteiger partial charge in [0.25, 0.3) is 0 Å². The van der Waals surface area contributed by atoms with Gasteiger partial charge in [0.1, 0.15) is 0 Å². The molecule has 5 nitrogen and oxygen atoms in total. The number of esters is 1. The Morgan fingerprint density at radius 3 is 2.95 bits per heavy atom. The summed E-state index contributed by atoms with van der Waals surface area (Å²) in [6.45, 7) is 2.87. The van der Waals surface area contributed by atoms with Gasteiger partial charge in [-0.05, 0) is 36.1 Å². The summed E-state index contributed by atoms with van der Waals surface area (Å²) in [7, 11) is 0. The molecule has 1 aliphatic heterocycles. The molecule has 1 atom stereocenters. The minimum Gasteiger partial charge on any atom is -0.464 e. The van der Waals surface area contributed by atoms with Crippen LogP contribution in [0.15, 0.2) is 18.2 Å². The van der Waals surface area contributed by atoms with Crippen LogP contribution in [0.3, 0.4) is 0 Å². The average molecular weight is 277 g/mol. The minimum absolute atomic E-state index is 0.369. The number of carbonyl (C=O) groups is 2. The van der Waals surface area contributed by atoms with Gasteiger partial charge in [-0.3, -0.25) is 4.79 Å². The molecule has 1 aromatic rings. The van der Waals surface area contributed by atoms with E-state index in [1.807, 2.05) is 6.92 Å². The van der Waals surface area contributed by atoms with Gasteiger partial charge in [0.05, 0.1) is 13.2 Å². The van der Waals surface area contributed by atoms with E-state index in [4.69, 9.17) is 15.2 Å². The number of benzene rings is 1. The Morgan fingerprint density at radius 2 is 2.25 bits per heavy atom. The summed E-state index contributed by atoms with van der Waals surface area (Å²) in [6, 6.07) is 5.06. The quantitative estimate of drug-likeness (QED) is 0.657. The van der Waals surface area contributed by atoms with Gasteiger partial charge in [-0.15, -0.1) is 0 Å². The van der Waals surface area contributed by atoms with Crippen molar-refractivity contribution in [1.82, 2.24) is 0 Å². The molecule has 0 saturated carbocycles. The fraction of sp³-hybridized carbons (Fsp3) is 0.467. The molecule has 2 rings (SSSR count). The topological polar surface area (TPSA) is 78.6 Å². The van der Waals surface area contributed by atoms with Crippen molar-refractivity contribution in [2.45, 2.75) is 32.3 Å². The van der Waals surface area contributed by atoms with E-state index in [9.17, 15) is 9.59 Å². The van der Waals surface area contributed by atoms with Gasteiger partial charge < -0.3 is 15.2 Å². The number of ether oxygens (including phenoxy) is 2. The maximum Gasteiger partial charge on any atom is 0.339 e. The number of carbonyl (C=O) groups excluding carboxylic acids is 2. The average Bonchev–Trinajstić information content (AvgIpc) is 2.46. The lowest BCUT2D eigenvalue weighted by atomic mass is 9.95. The molecule has 1 amide bonds. The molecular weight excluding hydrogens is 258 g/mol. The Labute approximate surface area is 118 Å². The second-order valence-corrected chi connectivity index (χ2v) is 4.80. The number of primary amides is 1. The summed E-state index contributed by atoms with van der Waals surface area (Å²) >= 11 is 0. The summed E-state index contributed by atoms with van der Waals surface area (Å²) in [5, 5.41) is 0. The fourth-order valence-electron chi connectivity index (χ4n) is 2.20. The molecular formula is C15H19NO4. The smallest absolute Gasteiger partial charge is 0.339 e. The fourth-order valence-corrected chi connectivity index (χ4v) is 2.20. The molecule has 1 unspecified atom stereocenters. The number of hydrogen-bond acceptors (Lipinski definition) is 4. The van der Waals surface area contributed by atoms with Crippen molar-refractivity contribution in [2.24, 2.45) is 5.73 Å². The largest absolute Gasteiger partial charge is 0.464 e. The molecule has 0 aliphatic carbocycles. The van der Waals surface area contributed by atoms with Crippen LogP contribution in [0.4, 0.5) is 0 Å². The molecule has 108 valence electrons. The lowest BCUT2D eigenvalue weighted by molar-refractivity contribution is -0.158. The number of nitrogens with two attached hydrogens (primary N) is 1. The third kappa shape index (κ3) is 3.17. The van der Waals surface area contributed by atoms with Crippen molar-refractivity contribution >= 4 is 11.9 Å². The molecule has 20 heavy (non-hydrogen) atoms. The molecule has 0 bridgehead atoms. The third-order valence-corrected chi connectivity index (χ3v) is 3.32. The summed E-state index contributed by atoms with van der Waals surface area (Å²) < 4.78 is 10.7. The van der Waals surface area contributed by atoms with E-state index >= 15 is 0 Å². The molecule has 0 spiro atoms. The Kier molecular flexibility index (Phi) is 4.74. The van der Waals surface area contributed by atoms with E-state index in [-0.39, 0.29) is 5.97 Å². The number of unbranched alkanes of at least 4 members (excludes halogenated alkanes) is 1. The molecule has 1 aliphatic rings. The van der Waals surface area contributed by atoms with Gasteiger partial charge in [-0.2, -0.15) is 0 Å². The Hall–Kier alpha value is -1.88. The number of amides is 1. The van der Waals surface area contributed by atoms with Gasteiger partial charge in [-0.25, -0.2) is 4.79 Å². The SMILES string of the molecule is CCCCOC(=O)C1OCCc2cc(C(N)=O)ccc21. The molecule has 1 heterocycles. The zero-order valence-corrected chi connectivity index (χ0v) is 11.6. The lowest BCUT2D eigenvalue weighted by Gasteiger charge is -2.25. The van der Waals surface area contributed by atoms with Crippen molar-refractivity contribution in [1.29, 1.82) is 0 Å². The van der Waals surface area contributed by atoms with Crippen LogP contribution in [-0.4, -0.2) is 25.1 Å². The maximum absolute atomic E-state index is 12.0. The third-order valence-electron chi connectivity index (χ3n) is 3.32. The highest BCUT2D eigenvalue weighted by Gasteiger charge is 2.29. The summed E-state index contributed by atoms with van der Waals surface area (Å²) in [6.07, 6.45) is 1.77. The van der Waals surface area contributed by atoms with Crippen molar-refractivity contribution in [2.75, 3.05) is 13.2 Å². The molecule has 5 heteroatoms. The predicted octanol–water partition coefficient (Wildman–Crippen LogP) is 1.74. The number of hydrogen-bond donors (Lipinski definition) is 1. The van der Waals surface area contributed by atoms with Crippen LogP contribution in [0.1, 0.15) is 47.4 Å². The number of fused-ring (bicyclic) bond motifs is 1. The Morgan fingerprint density at radius 1 is 1.45 bits per heavy atom. The van der Waals surface area contributed by atoms with Crippen LogP contribution >= 0.6 is 0 Å². The highest BCUT2D eigenvalue weighted by molar-refractivity contribution is 5.93. The van der Waals surface area contributed by atoms with E-state index in [0.29, 0.717) is 25.2 Å². The summed E-state index contributed by atoms with van der Waals surface area (Å²) in [5.74, 6) is -0.840. The Balaban J connectivity index is 2.15. The van der Waals surface area contributed by atoms with Gasteiger partial charge in [0.15, 0.2) is 6.10 Å². The first-order chi connectivity index (χ1) is 9.63. The van der Waals surface area contributed by atoms with Crippen LogP contribution in [0.25, 0.3) is 0 Å². The highest BCUT2D eigenvalue weighted by Crippen LogP contribution is 2.29. The maximum atomic E-state index is 12.0. The normalized spacial score (nSPS) is 17.4. The first kappa shape index (κ1) is 14.5.